The molecule has 0 atom stereocenters. The molecule has 172 valence electrons. The Morgan fingerprint density at radius 1 is 1.00 bits per heavy atom. The summed E-state index contributed by atoms with van der Waals surface area (Å²) in [5.74, 6) is 0.806. The van der Waals surface area contributed by atoms with Gasteiger partial charge in [0.25, 0.3) is 5.56 Å². The highest BCUT2D eigenvalue weighted by Crippen LogP contribution is 2.26. The van der Waals surface area contributed by atoms with Crippen LogP contribution in [0.2, 0.25) is 0 Å². The highest BCUT2D eigenvalue weighted by molar-refractivity contribution is 5.85. The van der Waals surface area contributed by atoms with Crippen molar-refractivity contribution in [3.05, 3.63) is 112 Å². The van der Waals surface area contributed by atoms with Crippen LogP contribution in [0.3, 0.4) is 0 Å². The zero-order valence-corrected chi connectivity index (χ0v) is 19.9. The van der Waals surface area contributed by atoms with Crippen LogP contribution in [0.4, 0.5) is 0 Å². The Bertz CT molecular complexity index is 1620. The lowest BCUT2D eigenvalue weighted by Gasteiger charge is -2.16. The van der Waals surface area contributed by atoms with Gasteiger partial charge in [0.2, 0.25) is 0 Å². The van der Waals surface area contributed by atoms with Crippen LogP contribution < -0.4 is 5.56 Å². The van der Waals surface area contributed by atoms with Gasteiger partial charge in [-0.3, -0.25) is 9.36 Å². The molecule has 3 aromatic carbocycles. The molecule has 5 rings (SSSR count). The molecule has 1 N–H and O–H groups in total. The van der Waals surface area contributed by atoms with Crippen LogP contribution in [0, 0.1) is 18.3 Å². The zero-order valence-electron chi connectivity index (χ0n) is 19.9. The summed E-state index contributed by atoms with van der Waals surface area (Å²) < 4.78 is 1.81. The van der Waals surface area contributed by atoms with Gasteiger partial charge < -0.3 is 4.98 Å². The second-order valence-corrected chi connectivity index (χ2v) is 8.76. The third-order valence-electron chi connectivity index (χ3n) is 6.40. The Balaban J connectivity index is 1.55. The number of hydrogen-bond donors (Lipinski definition) is 1. The Morgan fingerprint density at radius 3 is 2.54 bits per heavy atom. The van der Waals surface area contributed by atoms with E-state index in [1.807, 2.05) is 90.5 Å². The molecule has 5 heteroatoms. The van der Waals surface area contributed by atoms with E-state index in [1.54, 1.807) is 0 Å². The van der Waals surface area contributed by atoms with E-state index in [2.05, 4.69) is 18.0 Å². The second kappa shape index (κ2) is 9.44. The lowest BCUT2D eigenvalue weighted by Crippen LogP contribution is -2.28. The number of rotatable bonds is 6. The summed E-state index contributed by atoms with van der Waals surface area (Å²) in [5, 5.41) is 10.5. The first kappa shape index (κ1) is 22.4. The second-order valence-electron chi connectivity index (χ2n) is 8.76. The number of aromatic nitrogens is 3. The third-order valence-corrected chi connectivity index (χ3v) is 6.40. The lowest BCUT2D eigenvalue weighted by molar-refractivity contribution is 0.651. The highest BCUT2D eigenvalue weighted by Gasteiger charge is 2.16. The number of nitrogens with one attached hydrogen (secondary N) is 1. The van der Waals surface area contributed by atoms with Crippen molar-refractivity contribution in [2.24, 2.45) is 0 Å². The molecule has 0 aliphatic rings. The molecule has 2 aromatic heterocycles. The lowest BCUT2D eigenvalue weighted by atomic mass is 9.99. The van der Waals surface area contributed by atoms with Gasteiger partial charge in [-0.05, 0) is 65.3 Å². The first-order chi connectivity index (χ1) is 17.1. The number of fused-ring (bicyclic) bond motifs is 1. The zero-order chi connectivity index (χ0) is 24.4. The number of aromatic amines is 1. The molecular formula is C30H26N4O. The molecule has 0 saturated heterocycles. The molecule has 5 aromatic rings. The number of nitriles is 1. The predicted octanol–water partition coefficient (Wildman–Crippen LogP) is 6.24. The summed E-state index contributed by atoms with van der Waals surface area (Å²) in [6, 6.07) is 26.0. The van der Waals surface area contributed by atoms with Crippen LogP contribution in [0.1, 0.15) is 36.0 Å². The summed E-state index contributed by atoms with van der Waals surface area (Å²) >= 11 is 0. The van der Waals surface area contributed by atoms with Gasteiger partial charge in [-0.2, -0.15) is 5.26 Å². The Kier molecular flexibility index (Phi) is 6.03. The molecule has 35 heavy (non-hydrogen) atoms. The number of benzene rings is 3. The molecule has 0 radical (unpaired) electrons. The van der Waals surface area contributed by atoms with Crippen molar-refractivity contribution in [2.45, 2.75) is 33.2 Å². The highest BCUT2D eigenvalue weighted by atomic mass is 16.1. The van der Waals surface area contributed by atoms with Crippen molar-refractivity contribution in [3.63, 3.8) is 0 Å². The van der Waals surface area contributed by atoms with Gasteiger partial charge >= 0.3 is 0 Å². The molecule has 0 unspecified atom stereocenters. The summed E-state index contributed by atoms with van der Waals surface area (Å²) in [5.41, 5.74) is 6.86. The Labute approximate surface area is 204 Å². The number of nitrogens with zero attached hydrogens (tertiary/aromatic N) is 3. The van der Waals surface area contributed by atoms with Crippen LogP contribution in [-0.2, 0) is 13.0 Å². The van der Waals surface area contributed by atoms with Crippen molar-refractivity contribution in [3.8, 4) is 28.3 Å². The maximum absolute atomic E-state index is 13.8. The van der Waals surface area contributed by atoms with Crippen molar-refractivity contribution in [1.82, 2.24) is 14.5 Å². The van der Waals surface area contributed by atoms with Gasteiger partial charge in [0.05, 0.1) is 29.4 Å². The fraction of sp³-hybridized carbons (Fsp3) is 0.167. The average molecular weight is 459 g/mol. The van der Waals surface area contributed by atoms with E-state index in [1.165, 1.54) is 0 Å². The minimum atomic E-state index is -0.0188. The molecule has 2 heterocycles. The molecule has 0 fully saturated rings. The molecule has 0 bridgehead atoms. The van der Waals surface area contributed by atoms with Crippen molar-refractivity contribution >= 4 is 10.9 Å². The monoisotopic (exact) mass is 458 g/mol. The Hall–Kier alpha value is -4.43. The van der Waals surface area contributed by atoms with E-state index >= 15 is 0 Å². The molecule has 0 amide bonds. The molecule has 0 spiro atoms. The average Bonchev–Trinajstić information content (AvgIpc) is 3.35. The van der Waals surface area contributed by atoms with E-state index in [0.717, 1.165) is 57.5 Å². The van der Waals surface area contributed by atoms with Gasteiger partial charge in [0.1, 0.15) is 5.82 Å². The van der Waals surface area contributed by atoms with E-state index in [0.29, 0.717) is 17.7 Å². The van der Waals surface area contributed by atoms with Gasteiger partial charge in [0.15, 0.2) is 0 Å². The molecule has 0 saturated carbocycles. The van der Waals surface area contributed by atoms with Crippen molar-refractivity contribution in [2.75, 3.05) is 0 Å². The summed E-state index contributed by atoms with van der Waals surface area (Å²) in [6.45, 7) is 4.46. The van der Waals surface area contributed by atoms with E-state index < -0.39 is 0 Å². The molecule has 0 aliphatic heterocycles. The maximum Gasteiger partial charge on any atom is 0.261 e. The first-order valence-electron chi connectivity index (χ1n) is 11.9. The first-order valence-corrected chi connectivity index (χ1v) is 11.9. The quantitative estimate of drug-likeness (QED) is 0.327. The summed E-state index contributed by atoms with van der Waals surface area (Å²) in [4.78, 5) is 21.9. The van der Waals surface area contributed by atoms with Gasteiger partial charge in [0, 0.05) is 18.1 Å². The summed E-state index contributed by atoms with van der Waals surface area (Å²) in [7, 11) is 0. The normalized spacial score (nSPS) is 11.0. The smallest absolute Gasteiger partial charge is 0.261 e. The number of H-pyrrole nitrogens is 1. The standard InChI is InChI=1S/C30H26N4O/c1-3-6-28-33-20(2)29(24-13-14-27-23(17-24)15-16-32-27)30(35)34(28)19-21-9-11-22(12-10-21)26-8-5-4-7-25(26)18-31/h4-5,7-17,32H,3,6,19H2,1-2H3. The fourth-order valence-corrected chi connectivity index (χ4v) is 4.64. The molecule has 0 aliphatic carbocycles. The van der Waals surface area contributed by atoms with Crippen molar-refractivity contribution < 1.29 is 0 Å². The number of hydrogen-bond acceptors (Lipinski definition) is 3. The molecular weight excluding hydrogens is 432 g/mol. The van der Waals surface area contributed by atoms with Gasteiger partial charge in [-0.15, -0.1) is 0 Å². The third kappa shape index (κ3) is 4.27. The van der Waals surface area contributed by atoms with Gasteiger partial charge in [-0.25, -0.2) is 4.98 Å². The largest absolute Gasteiger partial charge is 0.361 e. The number of aryl methyl sites for hydroxylation is 2. The van der Waals surface area contributed by atoms with Crippen LogP contribution >= 0.6 is 0 Å². The van der Waals surface area contributed by atoms with E-state index in [4.69, 9.17) is 4.98 Å². The Morgan fingerprint density at radius 2 is 1.77 bits per heavy atom. The van der Waals surface area contributed by atoms with Crippen LogP contribution in [-0.4, -0.2) is 14.5 Å². The minimum absolute atomic E-state index is 0.0188. The maximum atomic E-state index is 13.8. The van der Waals surface area contributed by atoms with Crippen molar-refractivity contribution in [1.29, 1.82) is 5.26 Å². The minimum Gasteiger partial charge on any atom is -0.361 e. The van der Waals surface area contributed by atoms with E-state index in [9.17, 15) is 10.1 Å². The van der Waals surface area contributed by atoms with Gasteiger partial charge in [-0.1, -0.05) is 55.5 Å². The topological polar surface area (TPSA) is 74.5 Å². The SMILES string of the molecule is CCCc1nc(C)c(-c2ccc3[nH]ccc3c2)c(=O)n1Cc1ccc(-c2ccccc2C#N)cc1. The van der Waals surface area contributed by atoms with E-state index in [-0.39, 0.29) is 5.56 Å². The predicted molar refractivity (Wildman–Crippen MR) is 140 cm³/mol. The fourth-order valence-electron chi connectivity index (χ4n) is 4.64. The van der Waals surface area contributed by atoms with Crippen LogP contribution in [0.25, 0.3) is 33.2 Å². The molecule has 5 nitrogen and oxygen atoms in total. The van der Waals surface area contributed by atoms with Crippen LogP contribution in [0.5, 0.6) is 0 Å². The van der Waals surface area contributed by atoms with Crippen LogP contribution in [0.15, 0.2) is 83.8 Å². The summed E-state index contributed by atoms with van der Waals surface area (Å²) in [6.07, 6.45) is 3.55.